The van der Waals surface area contributed by atoms with Crippen molar-refractivity contribution < 1.29 is 4.79 Å². The van der Waals surface area contributed by atoms with E-state index in [0.717, 1.165) is 25.9 Å². The van der Waals surface area contributed by atoms with Gasteiger partial charge < -0.3 is 22.1 Å². The van der Waals surface area contributed by atoms with Crippen molar-refractivity contribution in [3.8, 4) is 0 Å². The number of anilines is 2. The fraction of sp³-hybridized carbons (Fsp3) is 0.455. The van der Waals surface area contributed by atoms with Crippen molar-refractivity contribution in [3.63, 3.8) is 0 Å². The Hall–Kier alpha value is -2.13. The van der Waals surface area contributed by atoms with E-state index < -0.39 is 5.91 Å². The van der Waals surface area contributed by atoms with Crippen molar-refractivity contribution in [3.05, 3.63) is 10.8 Å². The van der Waals surface area contributed by atoms with Crippen LogP contribution >= 0.6 is 11.6 Å². The average Bonchev–Trinajstić information content (AvgIpc) is 2.43. The van der Waals surface area contributed by atoms with Crippen LogP contribution in [0.2, 0.25) is 5.15 Å². The number of hydrogen-bond donors (Lipinski definition) is 6. The third-order valence-electron chi connectivity index (χ3n) is 3.05. The molecule has 21 heavy (non-hydrogen) atoms. The molecule has 1 saturated heterocycles. The van der Waals surface area contributed by atoms with E-state index >= 15 is 0 Å². The van der Waals surface area contributed by atoms with Crippen molar-refractivity contribution >= 4 is 35.1 Å². The van der Waals surface area contributed by atoms with Gasteiger partial charge in [0.1, 0.15) is 0 Å². The highest BCUT2D eigenvalue weighted by Crippen LogP contribution is 2.17. The van der Waals surface area contributed by atoms with Crippen LogP contribution in [0, 0.1) is 5.41 Å². The standard InChI is InChI=1S/C11H17ClN8O/c12-7-9(14)19-8(13)6(18-7)10(21)20-11(15)17-5-1-3-16-4-2-5/h5,16H,1-4H2,(H4,13,14,19)(H3,15,17,20,21). The predicted molar refractivity (Wildman–Crippen MR) is 80.1 cm³/mol. The van der Waals surface area contributed by atoms with E-state index in [1.54, 1.807) is 0 Å². The molecule has 0 aromatic carbocycles. The molecule has 8 N–H and O–H groups in total. The zero-order chi connectivity index (χ0) is 15.4. The van der Waals surface area contributed by atoms with Gasteiger partial charge in [0.05, 0.1) is 0 Å². The molecule has 0 atom stereocenters. The number of piperidine rings is 1. The van der Waals surface area contributed by atoms with Crippen molar-refractivity contribution in [1.82, 2.24) is 25.9 Å². The third-order valence-corrected chi connectivity index (χ3v) is 3.32. The van der Waals surface area contributed by atoms with Crippen LogP contribution in [-0.4, -0.2) is 41.0 Å². The maximum absolute atomic E-state index is 12.0. The molecular weight excluding hydrogens is 296 g/mol. The number of hydrogen-bond acceptors (Lipinski definition) is 7. The van der Waals surface area contributed by atoms with Crippen LogP contribution in [0.1, 0.15) is 23.3 Å². The molecule has 0 aliphatic carbocycles. The summed E-state index contributed by atoms with van der Waals surface area (Å²) >= 11 is 5.71. The molecule has 1 fully saturated rings. The van der Waals surface area contributed by atoms with Gasteiger partial charge in [0.15, 0.2) is 28.4 Å². The van der Waals surface area contributed by atoms with E-state index in [0.29, 0.717) is 0 Å². The lowest BCUT2D eigenvalue weighted by Gasteiger charge is -2.24. The first-order valence-electron chi connectivity index (χ1n) is 6.43. The monoisotopic (exact) mass is 312 g/mol. The van der Waals surface area contributed by atoms with Gasteiger partial charge in [0.2, 0.25) is 0 Å². The number of rotatable bonds is 2. The molecule has 0 bridgehead atoms. The lowest BCUT2D eigenvalue weighted by molar-refractivity contribution is 0.0971. The summed E-state index contributed by atoms with van der Waals surface area (Å²) in [6.07, 6.45) is 1.77. The Morgan fingerprint density at radius 3 is 2.62 bits per heavy atom. The number of carbonyl (C=O) groups excluding carboxylic acids is 1. The Morgan fingerprint density at radius 1 is 1.29 bits per heavy atom. The second kappa shape index (κ2) is 6.55. The maximum atomic E-state index is 12.0. The highest BCUT2D eigenvalue weighted by atomic mass is 35.5. The molecule has 0 radical (unpaired) electrons. The summed E-state index contributed by atoms with van der Waals surface area (Å²) in [5.41, 5.74) is 10.9. The molecule has 1 aromatic heterocycles. The van der Waals surface area contributed by atoms with Gasteiger partial charge in [-0.25, -0.2) is 9.97 Å². The van der Waals surface area contributed by atoms with E-state index in [2.05, 4.69) is 25.9 Å². The minimum absolute atomic E-state index is 0.0476. The Kier molecular flexibility index (Phi) is 4.76. The first-order chi connectivity index (χ1) is 9.97. The van der Waals surface area contributed by atoms with Gasteiger partial charge in [-0.15, -0.1) is 0 Å². The highest BCUT2D eigenvalue weighted by Gasteiger charge is 2.19. The number of nitrogens with one attached hydrogen (secondary N) is 4. The zero-order valence-corrected chi connectivity index (χ0v) is 12.0. The number of halogens is 1. The zero-order valence-electron chi connectivity index (χ0n) is 11.2. The van der Waals surface area contributed by atoms with Gasteiger partial charge >= 0.3 is 0 Å². The van der Waals surface area contributed by atoms with Crippen molar-refractivity contribution in [2.45, 2.75) is 18.9 Å². The quantitative estimate of drug-likeness (QED) is 0.311. The lowest BCUT2D eigenvalue weighted by atomic mass is 10.1. The molecular formula is C11H17ClN8O. The van der Waals surface area contributed by atoms with Gasteiger partial charge in [0.25, 0.3) is 5.91 Å². The number of amides is 1. The fourth-order valence-corrected chi connectivity index (χ4v) is 2.11. The number of nitrogens with zero attached hydrogens (tertiary/aromatic N) is 2. The lowest BCUT2D eigenvalue weighted by Crippen LogP contribution is -2.48. The summed E-state index contributed by atoms with van der Waals surface area (Å²) in [5, 5.41) is 16.2. The molecule has 0 spiro atoms. The topological polar surface area (TPSA) is 155 Å². The normalized spacial score (nSPS) is 15.5. The smallest absolute Gasteiger partial charge is 0.280 e. The molecule has 2 rings (SSSR count). The second-order valence-corrected chi connectivity index (χ2v) is 4.99. The van der Waals surface area contributed by atoms with E-state index in [1.165, 1.54) is 0 Å². The summed E-state index contributed by atoms with van der Waals surface area (Å²) in [7, 11) is 0. The van der Waals surface area contributed by atoms with E-state index in [9.17, 15) is 4.79 Å². The first-order valence-corrected chi connectivity index (χ1v) is 6.81. The molecule has 114 valence electrons. The molecule has 2 heterocycles. The highest BCUT2D eigenvalue weighted by molar-refractivity contribution is 6.31. The van der Waals surface area contributed by atoms with Crippen molar-refractivity contribution in [2.24, 2.45) is 0 Å². The molecule has 0 saturated carbocycles. The van der Waals surface area contributed by atoms with Crippen LogP contribution in [0.5, 0.6) is 0 Å². The minimum Gasteiger partial charge on any atom is -0.382 e. The Bertz CT molecular complexity index is 557. The van der Waals surface area contributed by atoms with Gasteiger partial charge in [-0.1, -0.05) is 11.6 Å². The SMILES string of the molecule is N=C(NC(=O)c1nc(Cl)c(N)nc1N)NC1CCNCC1. The van der Waals surface area contributed by atoms with Crippen molar-refractivity contribution in [1.29, 1.82) is 5.41 Å². The van der Waals surface area contributed by atoms with Gasteiger partial charge in [-0.3, -0.25) is 15.5 Å². The first kappa shape index (κ1) is 15.3. The van der Waals surface area contributed by atoms with Gasteiger partial charge in [0, 0.05) is 6.04 Å². The third kappa shape index (κ3) is 3.92. The molecule has 1 amide bonds. The number of carbonyl (C=O) groups is 1. The number of guanidine groups is 1. The summed E-state index contributed by atoms with van der Waals surface area (Å²) in [4.78, 5) is 19.5. The van der Waals surface area contributed by atoms with Crippen LogP contribution in [0.4, 0.5) is 11.6 Å². The van der Waals surface area contributed by atoms with Crippen molar-refractivity contribution in [2.75, 3.05) is 24.6 Å². The van der Waals surface area contributed by atoms with Crippen LogP contribution < -0.4 is 27.4 Å². The summed E-state index contributed by atoms with van der Waals surface area (Å²) < 4.78 is 0. The molecule has 9 nitrogen and oxygen atoms in total. The largest absolute Gasteiger partial charge is 0.382 e. The molecule has 10 heteroatoms. The summed E-state index contributed by atoms with van der Waals surface area (Å²) in [6.45, 7) is 1.76. The van der Waals surface area contributed by atoms with Crippen LogP contribution in [-0.2, 0) is 0 Å². The predicted octanol–water partition coefficient (Wildman–Crippen LogP) is -0.699. The fourth-order valence-electron chi connectivity index (χ4n) is 1.99. The molecule has 0 unspecified atom stereocenters. The van der Waals surface area contributed by atoms with Crippen LogP contribution in [0.15, 0.2) is 0 Å². The van der Waals surface area contributed by atoms with E-state index in [-0.39, 0.29) is 34.5 Å². The van der Waals surface area contributed by atoms with Crippen LogP contribution in [0.3, 0.4) is 0 Å². The molecule has 1 aromatic rings. The van der Waals surface area contributed by atoms with Crippen LogP contribution in [0.25, 0.3) is 0 Å². The van der Waals surface area contributed by atoms with Gasteiger partial charge in [-0.2, -0.15) is 0 Å². The van der Waals surface area contributed by atoms with E-state index in [4.69, 9.17) is 28.5 Å². The number of nitrogen functional groups attached to an aromatic ring is 2. The Balaban J connectivity index is 1.97. The molecule has 1 aliphatic rings. The van der Waals surface area contributed by atoms with Gasteiger partial charge in [-0.05, 0) is 25.9 Å². The molecule has 1 aliphatic heterocycles. The second-order valence-electron chi connectivity index (χ2n) is 4.63. The maximum Gasteiger partial charge on any atom is 0.280 e. The summed E-state index contributed by atoms with van der Waals surface area (Å²) in [6, 6.07) is 0.150. The average molecular weight is 313 g/mol. The van der Waals surface area contributed by atoms with E-state index in [1.807, 2.05) is 0 Å². The number of nitrogens with two attached hydrogens (primary N) is 2. The summed E-state index contributed by atoms with van der Waals surface area (Å²) in [5.74, 6) is -0.952. The Labute approximate surface area is 126 Å². The Morgan fingerprint density at radius 2 is 1.95 bits per heavy atom. The minimum atomic E-state index is -0.659. The number of aromatic nitrogens is 2.